The zero-order valence-corrected chi connectivity index (χ0v) is 11.5. The summed E-state index contributed by atoms with van der Waals surface area (Å²) in [6, 6.07) is 6.12. The lowest BCUT2D eigenvalue weighted by Crippen LogP contribution is -2.17. The van der Waals surface area contributed by atoms with Gasteiger partial charge in [-0.15, -0.1) is 0 Å². The van der Waals surface area contributed by atoms with Crippen LogP contribution in [0.3, 0.4) is 0 Å². The van der Waals surface area contributed by atoms with Crippen LogP contribution in [0.25, 0.3) is 0 Å². The van der Waals surface area contributed by atoms with Crippen LogP contribution in [-0.4, -0.2) is 16.5 Å². The lowest BCUT2D eigenvalue weighted by molar-refractivity contribution is 0.529. The molecule has 2 N–H and O–H groups in total. The number of rotatable bonds is 5. The Morgan fingerprint density at radius 1 is 1.29 bits per heavy atom. The molecule has 2 nitrogen and oxygen atoms in total. The molecule has 2 rings (SSSR count). The van der Waals surface area contributed by atoms with E-state index in [0.29, 0.717) is 12.0 Å². The van der Waals surface area contributed by atoms with Crippen molar-refractivity contribution >= 4 is 10.8 Å². The van der Waals surface area contributed by atoms with Crippen molar-refractivity contribution in [3.63, 3.8) is 0 Å². The van der Waals surface area contributed by atoms with E-state index in [1.54, 1.807) is 0 Å². The van der Waals surface area contributed by atoms with Gasteiger partial charge in [-0.05, 0) is 68.3 Å². The lowest BCUT2D eigenvalue weighted by Gasteiger charge is -2.13. The van der Waals surface area contributed by atoms with Crippen LogP contribution in [0.1, 0.15) is 30.4 Å². The van der Waals surface area contributed by atoms with Crippen LogP contribution in [0.5, 0.6) is 0 Å². The first kappa shape index (κ1) is 12.8. The van der Waals surface area contributed by atoms with E-state index in [-0.39, 0.29) is 0 Å². The standard InChI is InChI=1S/C14H21NOS/c1-11-3-4-13(9-12(11)2)17(16)10-14(5-6-14)7-8-15/h3-4,9H,5-8,10,15H2,1-2H3. The fourth-order valence-corrected chi connectivity index (χ4v) is 3.85. The van der Waals surface area contributed by atoms with Gasteiger partial charge in [0.2, 0.25) is 0 Å². The van der Waals surface area contributed by atoms with E-state index in [1.165, 1.54) is 24.0 Å². The molecule has 1 aliphatic rings. The van der Waals surface area contributed by atoms with Gasteiger partial charge in [0.1, 0.15) is 0 Å². The summed E-state index contributed by atoms with van der Waals surface area (Å²) < 4.78 is 12.3. The van der Waals surface area contributed by atoms with Crippen molar-refractivity contribution in [1.82, 2.24) is 0 Å². The maximum atomic E-state index is 12.3. The average Bonchev–Trinajstić information content (AvgIpc) is 3.02. The zero-order chi connectivity index (χ0) is 12.5. The summed E-state index contributed by atoms with van der Waals surface area (Å²) in [5.41, 5.74) is 8.38. The van der Waals surface area contributed by atoms with E-state index < -0.39 is 10.8 Å². The van der Waals surface area contributed by atoms with Crippen molar-refractivity contribution < 1.29 is 4.21 Å². The van der Waals surface area contributed by atoms with Crippen molar-refractivity contribution in [2.75, 3.05) is 12.3 Å². The third kappa shape index (κ3) is 2.96. The molecule has 0 radical (unpaired) electrons. The summed E-state index contributed by atoms with van der Waals surface area (Å²) in [7, 11) is -0.866. The quantitative estimate of drug-likeness (QED) is 0.874. The molecule has 1 saturated carbocycles. The van der Waals surface area contributed by atoms with E-state index in [4.69, 9.17) is 5.73 Å². The van der Waals surface area contributed by atoms with Crippen molar-refractivity contribution in [3.05, 3.63) is 29.3 Å². The highest BCUT2D eigenvalue weighted by Gasteiger charge is 2.43. The maximum Gasteiger partial charge on any atom is 0.0535 e. The summed E-state index contributed by atoms with van der Waals surface area (Å²) in [4.78, 5) is 0.969. The van der Waals surface area contributed by atoms with Gasteiger partial charge in [0.25, 0.3) is 0 Å². The van der Waals surface area contributed by atoms with Crippen molar-refractivity contribution in [2.24, 2.45) is 11.1 Å². The molecule has 0 heterocycles. The second-order valence-electron chi connectivity index (χ2n) is 5.27. The molecule has 1 aliphatic carbocycles. The van der Waals surface area contributed by atoms with E-state index in [2.05, 4.69) is 26.0 Å². The van der Waals surface area contributed by atoms with Crippen molar-refractivity contribution in [1.29, 1.82) is 0 Å². The summed E-state index contributed by atoms with van der Waals surface area (Å²) >= 11 is 0. The third-order valence-corrected chi connectivity index (χ3v) is 5.46. The van der Waals surface area contributed by atoms with E-state index in [9.17, 15) is 4.21 Å². The van der Waals surface area contributed by atoms with Crippen LogP contribution in [0.4, 0.5) is 0 Å². The normalized spacial score (nSPS) is 19.0. The topological polar surface area (TPSA) is 43.1 Å². The Morgan fingerprint density at radius 2 is 2.00 bits per heavy atom. The first-order chi connectivity index (χ1) is 8.06. The number of aryl methyl sites for hydroxylation is 2. The molecule has 0 aliphatic heterocycles. The van der Waals surface area contributed by atoms with Crippen LogP contribution >= 0.6 is 0 Å². The molecule has 1 unspecified atom stereocenters. The predicted molar refractivity (Wildman–Crippen MR) is 72.5 cm³/mol. The fraction of sp³-hybridized carbons (Fsp3) is 0.571. The molecule has 1 aromatic carbocycles. The molecule has 0 spiro atoms. The highest BCUT2D eigenvalue weighted by molar-refractivity contribution is 7.85. The van der Waals surface area contributed by atoms with Gasteiger partial charge in [-0.1, -0.05) is 6.07 Å². The first-order valence-corrected chi connectivity index (χ1v) is 7.54. The molecule has 0 amide bonds. The van der Waals surface area contributed by atoms with Crippen molar-refractivity contribution in [2.45, 2.75) is 38.0 Å². The molecule has 17 heavy (non-hydrogen) atoms. The SMILES string of the molecule is Cc1ccc(S(=O)CC2(CCN)CC2)cc1C. The van der Waals surface area contributed by atoms with Gasteiger partial charge in [-0.25, -0.2) is 0 Å². The molecular weight excluding hydrogens is 230 g/mol. The molecule has 0 bridgehead atoms. The van der Waals surface area contributed by atoms with Crippen LogP contribution in [0.15, 0.2) is 23.1 Å². The van der Waals surface area contributed by atoms with Crippen LogP contribution in [0, 0.1) is 19.3 Å². The largest absolute Gasteiger partial charge is 0.330 e. The minimum absolute atomic E-state index is 0.290. The molecule has 1 atom stereocenters. The Kier molecular flexibility index (Phi) is 3.69. The van der Waals surface area contributed by atoms with E-state index in [1.807, 2.05) is 6.07 Å². The lowest BCUT2D eigenvalue weighted by atomic mass is 10.1. The maximum absolute atomic E-state index is 12.3. The zero-order valence-electron chi connectivity index (χ0n) is 10.7. The smallest absolute Gasteiger partial charge is 0.0535 e. The predicted octanol–water partition coefficient (Wildman–Crippen LogP) is 2.54. The molecule has 0 aromatic heterocycles. The van der Waals surface area contributed by atoms with Gasteiger partial charge in [-0.3, -0.25) is 4.21 Å². The molecule has 3 heteroatoms. The second-order valence-corrected chi connectivity index (χ2v) is 6.73. The minimum atomic E-state index is -0.866. The highest BCUT2D eigenvalue weighted by Crippen LogP contribution is 2.49. The number of nitrogens with two attached hydrogens (primary N) is 1. The molecule has 1 fully saturated rings. The number of benzene rings is 1. The van der Waals surface area contributed by atoms with Gasteiger partial charge in [-0.2, -0.15) is 0 Å². The summed E-state index contributed by atoms with van der Waals surface area (Å²) in [6.07, 6.45) is 3.41. The van der Waals surface area contributed by atoms with Gasteiger partial charge >= 0.3 is 0 Å². The summed E-state index contributed by atoms with van der Waals surface area (Å²) in [5.74, 6) is 0.784. The number of hydrogen-bond donors (Lipinski definition) is 1. The molecular formula is C14H21NOS. The second kappa shape index (κ2) is 4.91. The third-order valence-electron chi connectivity index (χ3n) is 3.81. The monoisotopic (exact) mass is 251 g/mol. The van der Waals surface area contributed by atoms with Gasteiger partial charge in [0.15, 0.2) is 0 Å². The van der Waals surface area contributed by atoms with Crippen LogP contribution in [0.2, 0.25) is 0 Å². The summed E-state index contributed by atoms with van der Waals surface area (Å²) in [5, 5.41) is 0. The van der Waals surface area contributed by atoms with Gasteiger partial charge < -0.3 is 5.73 Å². The van der Waals surface area contributed by atoms with Gasteiger partial charge in [0, 0.05) is 10.6 Å². The average molecular weight is 251 g/mol. The summed E-state index contributed by atoms with van der Waals surface area (Å²) in [6.45, 7) is 4.87. The Labute approximate surface area is 106 Å². The fourth-order valence-electron chi connectivity index (χ4n) is 2.17. The molecule has 1 aromatic rings. The highest BCUT2D eigenvalue weighted by atomic mass is 32.2. The molecule has 94 valence electrons. The van der Waals surface area contributed by atoms with E-state index in [0.717, 1.165) is 17.1 Å². The first-order valence-electron chi connectivity index (χ1n) is 6.22. The Morgan fingerprint density at radius 3 is 2.53 bits per heavy atom. The van der Waals surface area contributed by atoms with Gasteiger partial charge in [0.05, 0.1) is 10.8 Å². The van der Waals surface area contributed by atoms with Crippen molar-refractivity contribution in [3.8, 4) is 0 Å². The Balaban J connectivity index is 2.07. The Hall–Kier alpha value is -0.670. The van der Waals surface area contributed by atoms with Crippen LogP contribution < -0.4 is 5.73 Å². The molecule has 0 saturated heterocycles. The minimum Gasteiger partial charge on any atom is -0.330 e. The Bertz CT molecular complexity index is 438. The van der Waals surface area contributed by atoms with Crippen LogP contribution in [-0.2, 0) is 10.8 Å². The van der Waals surface area contributed by atoms with E-state index >= 15 is 0 Å². The number of hydrogen-bond acceptors (Lipinski definition) is 2.